The fraction of sp³-hybridized carbons (Fsp3) is 0.500. The molecule has 3 nitrogen and oxygen atoms in total. The highest BCUT2D eigenvalue weighted by molar-refractivity contribution is 5.32. The Morgan fingerprint density at radius 3 is 2.44 bits per heavy atom. The third-order valence-corrected chi connectivity index (χ3v) is 0.928. The van der Waals surface area contributed by atoms with E-state index in [1.54, 1.807) is 0 Å². The summed E-state index contributed by atoms with van der Waals surface area (Å²) in [6.45, 7) is 0.913. The Kier molecular flexibility index (Phi) is 6.24. The van der Waals surface area contributed by atoms with Crippen LogP contribution in [0.2, 0.25) is 0 Å². The Morgan fingerprint density at radius 2 is 2.33 bits per heavy atom. The van der Waals surface area contributed by atoms with E-state index in [4.69, 9.17) is 9.90 Å². The first-order valence-corrected chi connectivity index (χ1v) is 2.88. The normalized spacial score (nSPS) is 14.7. The number of rotatable bonds is 0. The van der Waals surface area contributed by atoms with Gasteiger partial charge in [0.2, 0.25) is 0 Å². The second-order valence-electron chi connectivity index (χ2n) is 1.60. The predicted octanol–water partition coefficient (Wildman–Crippen LogP) is 0.584. The van der Waals surface area contributed by atoms with E-state index >= 15 is 0 Å². The maximum Gasteiger partial charge on any atom is 0.290 e. The molecule has 0 bridgehead atoms. The zero-order chi connectivity index (χ0) is 6.95. The van der Waals surface area contributed by atoms with Gasteiger partial charge in [-0.2, -0.15) is 0 Å². The van der Waals surface area contributed by atoms with Gasteiger partial charge in [0.15, 0.2) is 0 Å². The minimum atomic E-state index is -0.250. The first kappa shape index (κ1) is 8.01. The van der Waals surface area contributed by atoms with Gasteiger partial charge in [0.1, 0.15) is 0 Å². The molecule has 0 atom stereocenters. The molecule has 1 rings (SSSR count). The summed E-state index contributed by atoms with van der Waals surface area (Å²) >= 11 is 0. The lowest BCUT2D eigenvalue weighted by atomic mass is 10.2. The summed E-state index contributed by atoms with van der Waals surface area (Å²) < 4.78 is 0. The molecule has 1 heterocycles. The summed E-state index contributed by atoms with van der Waals surface area (Å²) in [7, 11) is 0. The molecule has 1 aliphatic heterocycles. The SMILES string of the molecule is C1=CNCCC1.O=CO. The minimum absolute atomic E-state index is 0.250. The molecule has 2 N–H and O–H groups in total. The largest absolute Gasteiger partial charge is 0.483 e. The average molecular weight is 129 g/mol. The molecule has 9 heavy (non-hydrogen) atoms. The highest BCUT2D eigenvalue weighted by atomic mass is 16.3. The number of carboxylic acid groups (broad SMARTS) is 1. The van der Waals surface area contributed by atoms with E-state index in [-0.39, 0.29) is 6.47 Å². The summed E-state index contributed by atoms with van der Waals surface area (Å²) in [4.78, 5) is 8.36. The summed E-state index contributed by atoms with van der Waals surface area (Å²) in [6, 6.07) is 0. The summed E-state index contributed by atoms with van der Waals surface area (Å²) in [6.07, 6.45) is 6.73. The van der Waals surface area contributed by atoms with Gasteiger partial charge in [-0.25, -0.2) is 0 Å². The lowest BCUT2D eigenvalue weighted by Crippen LogP contribution is -2.09. The van der Waals surface area contributed by atoms with Crippen molar-refractivity contribution >= 4 is 6.47 Å². The van der Waals surface area contributed by atoms with E-state index in [9.17, 15) is 0 Å². The zero-order valence-corrected chi connectivity index (χ0v) is 5.21. The molecule has 0 amide bonds. The van der Waals surface area contributed by atoms with E-state index in [2.05, 4.69) is 11.4 Å². The van der Waals surface area contributed by atoms with E-state index in [1.807, 2.05) is 6.20 Å². The van der Waals surface area contributed by atoms with Crippen molar-refractivity contribution in [2.45, 2.75) is 12.8 Å². The predicted molar refractivity (Wildman–Crippen MR) is 35.1 cm³/mol. The van der Waals surface area contributed by atoms with E-state index in [1.165, 1.54) is 12.8 Å². The number of allylic oxidation sites excluding steroid dienone is 1. The van der Waals surface area contributed by atoms with Crippen molar-refractivity contribution in [1.82, 2.24) is 5.32 Å². The van der Waals surface area contributed by atoms with Crippen molar-refractivity contribution in [2.24, 2.45) is 0 Å². The van der Waals surface area contributed by atoms with E-state index in [0.717, 1.165) is 6.54 Å². The number of hydrogen-bond donors (Lipinski definition) is 2. The lowest BCUT2D eigenvalue weighted by molar-refractivity contribution is -0.122. The van der Waals surface area contributed by atoms with E-state index in [0.29, 0.717) is 0 Å². The summed E-state index contributed by atoms with van der Waals surface area (Å²) in [5, 5.41) is 9.99. The maximum atomic E-state index is 8.36. The van der Waals surface area contributed by atoms with Crippen molar-refractivity contribution in [3.8, 4) is 0 Å². The maximum absolute atomic E-state index is 8.36. The van der Waals surface area contributed by atoms with Crippen LogP contribution < -0.4 is 5.32 Å². The second-order valence-corrected chi connectivity index (χ2v) is 1.60. The summed E-state index contributed by atoms with van der Waals surface area (Å²) in [5.74, 6) is 0. The Balaban J connectivity index is 0.000000187. The van der Waals surface area contributed by atoms with Gasteiger partial charge >= 0.3 is 0 Å². The molecule has 0 unspecified atom stereocenters. The van der Waals surface area contributed by atoms with Crippen molar-refractivity contribution in [3.05, 3.63) is 12.3 Å². The molecule has 0 aromatic rings. The van der Waals surface area contributed by atoms with Crippen LogP contribution in [0.15, 0.2) is 12.3 Å². The quantitative estimate of drug-likeness (QED) is 0.470. The first-order chi connectivity index (χ1) is 4.41. The molecule has 0 saturated heterocycles. The molecule has 3 heteroatoms. The molecular weight excluding hydrogens is 118 g/mol. The van der Waals surface area contributed by atoms with Crippen molar-refractivity contribution in [1.29, 1.82) is 0 Å². The number of carbonyl (C=O) groups is 1. The van der Waals surface area contributed by atoms with Crippen LogP contribution in [0.25, 0.3) is 0 Å². The third kappa shape index (κ3) is 7.01. The van der Waals surface area contributed by atoms with Gasteiger partial charge < -0.3 is 10.4 Å². The monoisotopic (exact) mass is 129 g/mol. The molecule has 0 fully saturated rings. The Bertz CT molecular complexity index is 83.1. The average Bonchev–Trinajstić information content (AvgIpc) is 1.93. The molecule has 0 spiro atoms. The first-order valence-electron chi connectivity index (χ1n) is 2.88. The molecule has 0 radical (unpaired) electrons. The number of hydrogen-bond acceptors (Lipinski definition) is 2. The lowest BCUT2D eigenvalue weighted by Gasteiger charge is -2.02. The molecule has 0 aliphatic carbocycles. The van der Waals surface area contributed by atoms with Gasteiger partial charge in [-0.05, 0) is 19.0 Å². The van der Waals surface area contributed by atoms with Gasteiger partial charge in [0.25, 0.3) is 6.47 Å². The molecule has 52 valence electrons. The van der Waals surface area contributed by atoms with Crippen LogP contribution in [0.3, 0.4) is 0 Å². The van der Waals surface area contributed by atoms with Gasteiger partial charge in [-0.15, -0.1) is 0 Å². The van der Waals surface area contributed by atoms with Crippen LogP contribution in [0.1, 0.15) is 12.8 Å². The molecule has 0 saturated carbocycles. The van der Waals surface area contributed by atoms with Gasteiger partial charge in [-0.1, -0.05) is 6.08 Å². The molecular formula is C6H11NO2. The minimum Gasteiger partial charge on any atom is -0.483 e. The zero-order valence-electron chi connectivity index (χ0n) is 5.21. The van der Waals surface area contributed by atoms with Crippen LogP contribution in [-0.4, -0.2) is 18.1 Å². The van der Waals surface area contributed by atoms with E-state index < -0.39 is 0 Å². The fourth-order valence-corrected chi connectivity index (χ4v) is 0.572. The van der Waals surface area contributed by atoms with Crippen LogP contribution >= 0.6 is 0 Å². The standard InChI is InChI=1S/C5H9N.CH2O2/c1-2-4-6-5-3-1;2-1-3/h2,4,6H,1,3,5H2;1H,(H,2,3). The van der Waals surface area contributed by atoms with Gasteiger partial charge in [0.05, 0.1) is 0 Å². The number of nitrogens with one attached hydrogen (secondary N) is 1. The molecule has 0 aromatic heterocycles. The van der Waals surface area contributed by atoms with Crippen LogP contribution in [0.5, 0.6) is 0 Å². The smallest absolute Gasteiger partial charge is 0.290 e. The Morgan fingerprint density at radius 1 is 1.67 bits per heavy atom. The second kappa shape index (κ2) is 7.01. The van der Waals surface area contributed by atoms with Gasteiger partial charge in [0, 0.05) is 6.54 Å². The fourth-order valence-electron chi connectivity index (χ4n) is 0.572. The molecule has 1 aliphatic rings. The van der Waals surface area contributed by atoms with Gasteiger partial charge in [-0.3, -0.25) is 4.79 Å². The van der Waals surface area contributed by atoms with Crippen LogP contribution in [-0.2, 0) is 4.79 Å². The summed E-state index contributed by atoms with van der Waals surface area (Å²) in [5.41, 5.74) is 0. The topological polar surface area (TPSA) is 49.3 Å². The molecule has 0 aromatic carbocycles. The Labute approximate surface area is 54.4 Å². The van der Waals surface area contributed by atoms with Crippen molar-refractivity contribution in [3.63, 3.8) is 0 Å². The highest BCUT2D eigenvalue weighted by Crippen LogP contribution is 1.91. The van der Waals surface area contributed by atoms with Crippen molar-refractivity contribution in [2.75, 3.05) is 6.54 Å². The Hall–Kier alpha value is -0.990. The highest BCUT2D eigenvalue weighted by Gasteiger charge is 1.84. The van der Waals surface area contributed by atoms with Crippen LogP contribution in [0.4, 0.5) is 0 Å². The van der Waals surface area contributed by atoms with Crippen molar-refractivity contribution < 1.29 is 9.90 Å². The third-order valence-electron chi connectivity index (χ3n) is 0.928. The van der Waals surface area contributed by atoms with Crippen LogP contribution in [0, 0.1) is 0 Å².